The molecule has 0 bridgehead atoms. The highest BCUT2D eigenvalue weighted by Crippen LogP contribution is 2.27. The highest BCUT2D eigenvalue weighted by Gasteiger charge is 2.26. The molecule has 2 unspecified atom stereocenters. The third-order valence-electron chi connectivity index (χ3n) is 4.33. The Morgan fingerprint density at radius 2 is 2.26 bits per heavy atom. The zero-order valence-electron chi connectivity index (χ0n) is 13.1. The molecule has 2 aromatic heterocycles. The summed E-state index contributed by atoms with van der Waals surface area (Å²) in [5, 5.41) is 19.9. The summed E-state index contributed by atoms with van der Waals surface area (Å²) in [4.78, 5) is 21.7. The Morgan fingerprint density at radius 3 is 3.00 bits per heavy atom. The third kappa shape index (κ3) is 3.59. The second-order valence-electron chi connectivity index (χ2n) is 5.93. The van der Waals surface area contributed by atoms with Gasteiger partial charge in [-0.25, -0.2) is 9.97 Å². The number of aromatic amines is 1. The Bertz CT molecular complexity index is 655. The van der Waals surface area contributed by atoms with Gasteiger partial charge in [-0.05, 0) is 19.8 Å². The number of rotatable bonds is 4. The lowest BCUT2D eigenvalue weighted by Crippen LogP contribution is -2.41. The van der Waals surface area contributed by atoms with E-state index in [9.17, 15) is 9.90 Å². The van der Waals surface area contributed by atoms with E-state index >= 15 is 0 Å². The minimum Gasteiger partial charge on any atom is -0.396 e. The van der Waals surface area contributed by atoms with Crippen molar-refractivity contribution in [3.05, 3.63) is 16.9 Å². The van der Waals surface area contributed by atoms with Crippen molar-refractivity contribution in [2.24, 2.45) is 5.92 Å². The molecule has 0 aromatic carbocycles. The Labute approximate surface area is 138 Å². The van der Waals surface area contributed by atoms with Crippen LogP contribution in [0.1, 0.15) is 47.5 Å². The first-order valence-electron chi connectivity index (χ1n) is 7.94. The van der Waals surface area contributed by atoms with Gasteiger partial charge in [0.2, 0.25) is 0 Å². The molecule has 124 valence electrons. The molecule has 8 heteroatoms. The third-order valence-corrected chi connectivity index (χ3v) is 5.49. The minimum absolute atomic E-state index is 0.0326. The van der Waals surface area contributed by atoms with Gasteiger partial charge in [-0.2, -0.15) is 5.10 Å². The number of nitrogens with zero attached hydrogens (tertiary/aromatic N) is 3. The molecule has 1 aliphatic carbocycles. The molecule has 2 atom stereocenters. The molecule has 0 radical (unpaired) electrons. The largest absolute Gasteiger partial charge is 0.396 e. The fraction of sp³-hybridized carbons (Fsp3) is 0.600. The summed E-state index contributed by atoms with van der Waals surface area (Å²) in [5.74, 6) is 0.597. The van der Waals surface area contributed by atoms with Gasteiger partial charge in [0.25, 0.3) is 5.91 Å². The normalized spacial score (nSPS) is 21.8. The number of carbonyl (C=O) groups excluding carboxylic acids is 1. The summed E-state index contributed by atoms with van der Waals surface area (Å²) < 4.78 is 0. The molecule has 0 aliphatic heterocycles. The average molecular weight is 335 g/mol. The first kappa shape index (κ1) is 16.1. The summed E-state index contributed by atoms with van der Waals surface area (Å²) >= 11 is 1.31. The molecule has 23 heavy (non-hydrogen) atoms. The lowest BCUT2D eigenvalue weighted by molar-refractivity contribution is 0.0903. The summed E-state index contributed by atoms with van der Waals surface area (Å²) in [7, 11) is 0. The number of aliphatic hydroxyl groups is 1. The van der Waals surface area contributed by atoms with Crippen molar-refractivity contribution in [1.82, 2.24) is 25.5 Å². The lowest BCUT2D eigenvalue weighted by atomic mass is 9.95. The van der Waals surface area contributed by atoms with Gasteiger partial charge in [0.1, 0.15) is 11.2 Å². The number of hydrogen-bond acceptors (Lipinski definition) is 6. The Hall–Kier alpha value is -1.80. The van der Waals surface area contributed by atoms with Crippen LogP contribution in [0.4, 0.5) is 0 Å². The van der Waals surface area contributed by atoms with Crippen LogP contribution in [0.2, 0.25) is 0 Å². The van der Waals surface area contributed by atoms with Crippen molar-refractivity contribution in [3.8, 4) is 10.8 Å². The van der Waals surface area contributed by atoms with Crippen LogP contribution >= 0.6 is 11.3 Å². The molecule has 7 nitrogen and oxygen atoms in total. The smallest absolute Gasteiger partial charge is 0.263 e. The fourth-order valence-electron chi connectivity index (χ4n) is 3.04. The van der Waals surface area contributed by atoms with Crippen molar-refractivity contribution in [2.75, 3.05) is 6.61 Å². The van der Waals surface area contributed by atoms with Crippen LogP contribution in [-0.2, 0) is 0 Å². The van der Waals surface area contributed by atoms with E-state index in [1.165, 1.54) is 17.7 Å². The molecular formula is C15H21N5O2S. The summed E-state index contributed by atoms with van der Waals surface area (Å²) in [6.07, 6.45) is 6.68. The zero-order valence-corrected chi connectivity index (χ0v) is 13.9. The predicted octanol–water partition coefficient (Wildman–Crippen LogP) is 1.91. The minimum atomic E-state index is -0.115. The standard InChI is InChI=1S/C15H21N5O2S/c1-9-12(23-15(18-9)13-16-8-17-20-13)14(22)19-11-6-4-2-3-5-10(11)7-21/h8,10-11,21H,2-7H2,1H3,(H,19,22)(H,16,17,20). The molecule has 3 rings (SSSR count). The van der Waals surface area contributed by atoms with Crippen molar-refractivity contribution in [3.63, 3.8) is 0 Å². The predicted molar refractivity (Wildman–Crippen MR) is 87.1 cm³/mol. The van der Waals surface area contributed by atoms with Crippen LogP contribution in [-0.4, -0.2) is 43.8 Å². The number of H-pyrrole nitrogens is 1. The molecular weight excluding hydrogens is 314 g/mol. The fourth-order valence-corrected chi connectivity index (χ4v) is 3.96. The number of aliphatic hydroxyl groups excluding tert-OH is 1. The van der Waals surface area contributed by atoms with Crippen LogP contribution in [0.25, 0.3) is 10.8 Å². The average Bonchev–Trinajstić information content (AvgIpc) is 3.14. The summed E-state index contributed by atoms with van der Waals surface area (Å²) in [5.41, 5.74) is 0.688. The van der Waals surface area contributed by atoms with Gasteiger partial charge >= 0.3 is 0 Å². The maximum Gasteiger partial charge on any atom is 0.263 e. The maximum absolute atomic E-state index is 12.6. The zero-order chi connectivity index (χ0) is 16.2. The van der Waals surface area contributed by atoms with Crippen LogP contribution in [0.3, 0.4) is 0 Å². The van der Waals surface area contributed by atoms with Crippen molar-refractivity contribution in [2.45, 2.75) is 45.1 Å². The highest BCUT2D eigenvalue weighted by atomic mass is 32.1. The van der Waals surface area contributed by atoms with Crippen molar-refractivity contribution >= 4 is 17.2 Å². The number of carbonyl (C=O) groups is 1. The van der Waals surface area contributed by atoms with E-state index in [2.05, 4.69) is 25.5 Å². The van der Waals surface area contributed by atoms with Crippen LogP contribution in [0, 0.1) is 12.8 Å². The van der Waals surface area contributed by atoms with E-state index in [-0.39, 0.29) is 24.5 Å². The summed E-state index contributed by atoms with van der Waals surface area (Å²) in [6, 6.07) is 0.0326. The van der Waals surface area contributed by atoms with Gasteiger partial charge in [-0.15, -0.1) is 11.3 Å². The first-order valence-corrected chi connectivity index (χ1v) is 8.75. The van der Waals surface area contributed by atoms with Crippen LogP contribution in [0.5, 0.6) is 0 Å². The number of aryl methyl sites for hydroxylation is 1. The van der Waals surface area contributed by atoms with Gasteiger partial charge in [-0.3, -0.25) is 9.89 Å². The number of nitrogens with one attached hydrogen (secondary N) is 2. The Kier molecular flexibility index (Phi) is 5.02. The van der Waals surface area contributed by atoms with E-state index in [0.29, 0.717) is 21.4 Å². The second-order valence-corrected chi connectivity index (χ2v) is 6.93. The molecule has 0 spiro atoms. The lowest BCUT2D eigenvalue weighted by Gasteiger charge is -2.24. The van der Waals surface area contributed by atoms with E-state index in [1.54, 1.807) is 0 Å². The van der Waals surface area contributed by atoms with Crippen molar-refractivity contribution in [1.29, 1.82) is 0 Å². The van der Waals surface area contributed by atoms with Gasteiger partial charge in [0.05, 0.1) is 5.69 Å². The SMILES string of the molecule is Cc1nc(-c2ncn[nH]2)sc1C(=O)NC1CCCCCC1CO. The van der Waals surface area contributed by atoms with E-state index in [1.807, 2.05) is 6.92 Å². The van der Waals surface area contributed by atoms with Crippen LogP contribution < -0.4 is 5.32 Å². The molecule has 1 saturated carbocycles. The Morgan fingerprint density at radius 1 is 1.43 bits per heavy atom. The quantitative estimate of drug-likeness (QED) is 0.741. The van der Waals surface area contributed by atoms with E-state index in [4.69, 9.17) is 0 Å². The number of thiazole rings is 1. The first-order chi connectivity index (χ1) is 11.2. The van der Waals surface area contributed by atoms with E-state index in [0.717, 1.165) is 32.1 Å². The molecule has 2 aromatic rings. The van der Waals surface area contributed by atoms with Gasteiger partial charge in [0.15, 0.2) is 10.8 Å². The van der Waals surface area contributed by atoms with E-state index < -0.39 is 0 Å². The summed E-state index contributed by atoms with van der Waals surface area (Å²) in [6.45, 7) is 1.94. The number of amides is 1. The molecule has 1 aliphatic rings. The number of hydrogen-bond donors (Lipinski definition) is 3. The molecule has 3 N–H and O–H groups in total. The van der Waals surface area contributed by atoms with Crippen molar-refractivity contribution < 1.29 is 9.90 Å². The van der Waals surface area contributed by atoms with Gasteiger partial charge < -0.3 is 10.4 Å². The maximum atomic E-state index is 12.6. The van der Waals surface area contributed by atoms with Gasteiger partial charge in [0, 0.05) is 18.6 Å². The topological polar surface area (TPSA) is 104 Å². The molecule has 0 saturated heterocycles. The second kappa shape index (κ2) is 7.18. The highest BCUT2D eigenvalue weighted by molar-refractivity contribution is 7.17. The molecule has 2 heterocycles. The monoisotopic (exact) mass is 335 g/mol. The molecule has 1 fully saturated rings. The number of aromatic nitrogens is 4. The van der Waals surface area contributed by atoms with Crippen LogP contribution in [0.15, 0.2) is 6.33 Å². The molecule has 1 amide bonds. The van der Waals surface area contributed by atoms with Gasteiger partial charge in [-0.1, -0.05) is 19.3 Å². The Balaban J connectivity index is 1.75.